The summed E-state index contributed by atoms with van der Waals surface area (Å²) in [7, 11) is 0. The Morgan fingerprint density at radius 1 is 1.47 bits per heavy atom. The monoisotopic (exact) mass is 295 g/mol. The highest BCUT2D eigenvalue weighted by Gasteiger charge is 1.98. The van der Waals surface area contributed by atoms with Crippen LogP contribution >= 0.6 is 15.9 Å². The Hall–Kier alpha value is -1.43. The van der Waals surface area contributed by atoms with Gasteiger partial charge in [-0.05, 0) is 40.9 Å². The Morgan fingerprint density at radius 2 is 2.35 bits per heavy atom. The van der Waals surface area contributed by atoms with Gasteiger partial charge in [-0.2, -0.15) is 0 Å². The van der Waals surface area contributed by atoms with Gasteiger partial charge in [-0.3, -0.25) is 4.68 Å². The summed E-state index contributed by atoms with van der Waals surface area (Å²) in [5.41, 5.74) is 1.18. The van der Waals surface area contributed by atoms with Crippen LogP contribution in [-0.2, 0) is 6.54 Å². The smallest absolute Gasteiger partial charge is 0.126 e. The van der Waals surface area contributed by atoms with Crippen molar-refractivity contribution in [2.24, 2.45) is 0 Å². The van der Waals surface area contributed by atoms with Crippen LogP contribution in [-0.4, -0.2) is 26.5 Å². The first-order valence-electron chi connectivity index (χ1n) is 5.46. The van der Waals surface area contributed by atoms with Crippen molar-refractivity contribution < 1.29 is 0 Å². The first-order chi connectivity index (χ1) is 8.25. The standard InChI is InChI=1S/C11H14BrN5/c1-9-7-11(14-8-10(9)12)13-3-2-5-17-6-4-15-16-17/h4,6-8H,2-3,5H2,1H3,(H,13,14). The second-order valence-electron chi connectivity index (χ2n) is 3.77. The van der Waals surface area contributed by atoms with Crippen molar-refractivity contribution in [3.8, 4) is 0 Å². The number of pyridine rings is 1. The molecule has 17 heavy (non-hydrogen) atoms. The van der Waals surface area contributed by atoms with Gasteiger partial charge < -0.3 is 5.32 Å². The summed E-state index contributed by atoms with van der Waals surface area (Å²) in [5.74, 6) is 0.907. The Kier molecular flexibility index (Phi) is 4.08. The number of aromatic nitrogens is 4. The lowest BCUT2D eigenvalue weighted by atomic mass is 10.3. The fourth-order valence-electron chi connectivity index (χ4n) is 1.45. The van der Waals surface area contributed by atoms with Crippen LogP contribution in [0.2, 0.25) is 0 Å². The minimum Gasteiger partial charge on any atom is -0.370 e. The molecule has 0 aliphatic heterocycles. The molecular formula is C11H14BrN5. The molecule has 0 saturated carbocycles. The molecule has 5 nitrogen and oxygen atoms in total. The molecule has 0 fully saturated rings. The van der Waals surface area contributed by atoms with E-state index in [2.05, 4.69) is 36.5 Å². The van der Waals surface area contributed by atoms with E-state index in [4.69, 9.17) is 0 Å². The predicted molar refractivity (Wildman–Crippen MR) is 69.8 cm³/mol. The molecule has 2 rings (SSSR count). The van der Waals surface area contributed by atoms with Crippen molar-refractivity contribution in [2.45, 2.75) is 19.9 Å². The number of halogens is 1. The molecule has 2 heterocycles. The minimum atomic E-state index is 0.864. The van der Waals surface area contributed by atoms with Crippen molar-refractivity contribution in [3.05, 3.63) is 34.7 Å². The topological polar surface area (TPSA) is 55.6 Å². The Labute approximate surface area is 108 Å². The predicted octanol–water partition coefficient (Wildman–Crippen LogP) is 2.25. The van der Waals surface area contributed by atoms with E-state index in [9.17, 15) is 0 Å². The highest BCUT2D eigenvalue weighted by molar-refractivity contribution is 9.10. The summed E-state index contributed by atoms with van der Waals surface area (Å²) in [5, 5.41) is 10.9. The molecule has 0 atom stereocenters. The summed E-state index contributed by atoms with van der Waals surface area (Å²) in [6.07, 6.45) is 6.35. The fourth-order valence-corrected chi connectivity index (χ4v) is 1.66. The highest BCUT2D eigenvalue weighted by atomic mass is 79.9. The maximum atomic E-state index is 4.28. The van der Waals surface area contributed by atoms with Crippen LogP contribution in [0.1, 0.15) is 12.0 Å². The van der Waals surface area contributed by atoms with Gasteiger partial charge in [0.15, 0.2) is 0 Å². The van der Waals surface area contributed by atoms with Gasteiger partial charge in [0, 0.05) is 30.0 Å². The number of nitrogens with zero attached hydrogens (tertiary/aromatic N) is 4. The number of hydrogen-bond acceptors (Lipinski definition) is 4. The zero-order chi connectivity index (χ0) is 12.1. The van der Waals surface area contributed by atoms with E-state index in [-0.39, 0.29) is 0 Å². The zero-order valence-corrected chi connectivity index (χ0v) is 11.2. The summed E-state index contributed by atoms with van der Waals surface area (Å²) < 4.78 is 2.85. The second kappa shape index (κ2) is 5.77. The van der Waals surface area contributed by atoms with Crippen LogP contribution in [0, 0.1) is 6.92 Å². The van der Waals surface area contributed by atoms with Crippen molar-refractivity contribution in [1.82, 2.24) is 20.0 Å². The van der Waals surface area contributed by atoms with Gasteiger partial charge in [-0.1, -0.05) is 5.21 Å². The molecule has 1 N–H and O–H groups in total. The summed E-state index contributed by atoms with van der Waals surface area (Å²) in [6.45, 7) is 3.78. The second-order valence-corrected chi connectivity index (χ2v) is 4.62. The minimum absolute atomic E-state index is 0.864. The molecule has 0 saturated heterocycles. The van der Waals surface area contributed by atoms with E-state index >= 15 is 0 Å². The first-order valence-corrected chi connectivity index (χ1v) is 6.25. The number of rotatable bonds is 5. The molecule has 2 aromatic heterocycles. The van der Waals surface area contributed by atoms with Crippen molar-refractivity contribution in [1.29, 1.82) is 0 Å². The molecule has 6 heteroatoms. The summed E-state index contributed by atoms with van der Waals surface area (Å²) >= 11 is 3.43. The maximum Gasteiger partial charge on any atom is 0.126 e. The molecule has 0 aromatic carbocycles. The Morgan fingerprint density at radius 3 is 3.06 bits per heavy atom. The highest BCUT2D eigenvalue weighted by Crippen LogP contribution is 2.16. The van der Waals surface area contributed by atoms with E-state index < -0.39 is 0 Å². The SMILES string of the molecule is Cc1cc(NCCCn2ccnn2)ncc1Br. The number of nitrogens with one attached hydrogen (secondary N) is 1. The van der Waals surface area contributed by atoms with E-state index in [0.29, 0.717) is 0 Å². The van der Waals surface area contributed by atoms with Crippen molar-refractivity contribution in [2.75, 3.05) is 11.9 Å². The van der Waals surface area contributed by atoms with E-state index in [1.165, 1.54) is 5.56 Å². The van der Waals surface area contributed by atoms with Crippen molar-refractivity contribution >= 4 is 21.7 Å². The van der Waals surface area contributed by atoms with Gasteiger partial charge in [-0.15, -0.1) is 5.10 Å². The first kappa shape index (κ1) is 12.0. The molecule has 0 amide bonds. The molecule has 2 aromatic rings. The molecule has 0 aliphatic rings. The Bertz CT molecular complexity index is 469. The molecular weight excluding hydrogens is 282 g/mol. The van der Waals surface area contributed by atoms with E-state index in [1.54, 1.807) is 6.20 Å². The third-order valence-electron chi connectivity index (χ3n) is 2.39. The third kappa shape index (κ3) is 3.52. The normalized spacial score (nSPS) is 10.5. The zero-order valence-electron chi connectivity index (χ0n) is 9.60. The van der Waals surface area contributed by atoms with Gasteiger partial charge in [-0.25, -0.2) is 4.98 Å². The van der Waals surface area contributed by atoms with E-state index in [0.717, 1.165) is 29.8 Å². The quantitative estimate of drug-likeness (QED) is 0.860. The lowest BCUT2D eigenvalue weighted by Gasteiger charge is -2.06. The molecule has 0 aliphatic carbocycles. The van der Waals surface area contributed by atoms with Gasteiger partial charge >= 0.3 is 0 Å². The number of hydrogen-bond donors (Lipinski definition) is 1. The van der Waals surface area contributed by atoms with Crippen molar-refractivity contribution in [3.63, 3.8) is 0 Å². The van der Waals surface area contributed by atoms with Crippen LogP contribution < -0.4 is 5.32 Å². The van der Waals surface area contributed by atoms with Gasteiger partial charge in [0.05, 0.1) is 6.20 Å². The Balaban J connectivity index is 1.76. The fraction of sp³-hybridized carbons (Fsp3) is 0.364. The summed E-state index contributed by atoms with van der Waals surface area (Å²) in [4.78, 5) is 4.28. The van der Waals surface area contributed by atoms with E-state index in [1.807, 2.05) is 30.1 Å². The number of aryl methyl sites for hydroxylation is 2. The van der Waals surface area contributed by atoms with Crippen LogP contribution in [0.15, 0.2) is 29.1 Å². The van der Waals surface area contributed by atoms with Gasteiger partial charge in [0.25, 0.3) is 0 Å². The van der Waals surface area contributed by atoms with Gasteiger partial charge in [0.1, 0.15) is 5.82 Å². The molecule has 0 spiro atoms. The summed E-state index contributed by atoms with van der Waals surface area (Å²) in [6, 6.07) is 2.03. The largest absolute Gasteiger partial charge is 0.370 e. The molecule has 0 radical (unpaired) electrons. The molecule has 0 unspecified atom stereocenters. The van der Waals surface area contributed by atoms with Crippen LogP contribution in [0.3, 0.4) is 0 Å². The van der Waals surface area contributed by atoms with Crippen LogP contribution in [0.4, 0.5) is 5.82 Å². The average molecular weight is 296 g/mol. The van der Waals surface area contributed by atoms with Crippen LogP contribution in [0.5, 0.6) is 0 Å². The molecule has 90 valence electrons. The molecule has 0 bridgehead atoms. The third-order valence-corrected chi connectivity index (χ3v) is 3.22. The van der Waals surface area contributed by atoms with Crippen LogP contribution in [0.25, 0.3) is 0 Å². The maximum absolute atomic E-state index is 4.28. The number of anilines is 1. The lowest BCUT2D eigenvalue weighted by molar-refractivity contribution is 0.569. The lowest BCUT2D eigenvalue weighted by Crippen LogP contribution is -2.08. The van der Waals surface area contributed by atoms with Gasteiger partial charge in [0.2, 0.25) is 0 Å². The average Bonchev–Trinajstić information content (AvgIpc) is 2.82.